The van der Waals surface area contributed by atoms with E-state index < -0.39 is 0 Å². The quantitative estimate of drug-likeness (QED) is 0.610. The lowest BCUT2D eigenvalue weighted by Gasteiger charge is -2.21. The molecule has 1 aliphatic rings. The topological polar surface area (TPSA) is 46.2 Å². The third kappa shape index (κ3) is 1.55. The lowest BCUT2D eigenvalue weighted by Crippen LogP contribution is -2.32. The Morgan fingerprint density at radius 3 is 2.22 bits per heavy atom. The van der Waals surface area contributed by atoms with Crippen molar-refractivity contribution in [3.63, 3.8) is 0 Å². The van der Waals surface area contributed by atoms with Gasteiger partial charge in [-0.05, 0) is 0 Å². The molecule has 0 aliphatic carbocycles. The zero-order valence-electron chi connectivity index (χ0n) is 5.17. The molecule has 0 aromatic heterocycles. The van der Waals surface area contributed by atoms with Crippen LogP contribution in [0.1, 0.15) is 0 Å². The van der Waals surface area contributed by atoms with Gasteiger partial charge in [0.1, 0.15) is 0 Å². The fourth-order valence-corrected chi connectivity index (χ4v) is 3.43. The Balaban J connectivity index is 2.45. The number of rotatable bonds is 2. The molecule has 1 rings (SSSR count). The molecule has 3 N–H and O–H groups in total. The first-order valence-electron chi connectivity index (χ1n) is 2.92. The van der Waals surface area contributed by atoms with Gasteiger partial charge in [-0.2, -0.15) is 0 Å². The van der Waals surface area contributed by atoms with E-state index in [1.54, 1.807) is 23.5 Å². The van der Waals surface area contributed by atoms with Crippen LogP contribution in [0, 0.1) is 0 Å². The van der Waals surface area contributed by atoms with E-state index in [0.717, 1.165) is 11.5 Å². The molecule has 1 heterocycles. The van der Waals surface area contributed by atoms with E-state index in [2.05, 4.69) is 0 Å². The highest BCUT2D eigenvalue weighted by Gasteiger charge is 2.33. The highest BCUT2D eigenvalue weighted by atomic mass is 32.2. The summed E-state index contributed by atoms with van der Waals surface area (Å²) in [5.41, 5.74) is 5.48. The third-order valence-electron chi connectivity index (χ3n) is 1.37. The normalized spacial score (nSPS) is 24.7. The van der Waals surface area contributed by atoms with Crippen LogP contribution in [0.4, 0.5) is 0 Å². The molecule has 1 aliphatic heterocycles. The van der Waals surface area contributed by atoms with E-state index in [0.29, 0.717) is 6.54 Å². The maximum Gasteiger partial charge on any atom is 0.0962 e. The number of thioether (sulfide) groups is 2. The van der Waals surface area contributed by atoms with Crippen molar-refractivity contribution in [3.8, 4) is 0 Å². The monoisotopic (exact) mass is 165 g/mol. The van der Waals surface area contributed by atoms with Gasteiger partial charge < -0.3 is 10.8 Å². The van der Waals surface area contributed by atoms with Crippen LogP contribution in [0.3, 0.4) is 0 Å². The van der Waals surface area contributed by atoms with Crippen molar-refractivity contribution in [1.29, 1.82) is 0 Å². The maximum atomic E-state index is 8.89. The van der Waals surface area contributed by atoms with E-state index >= 15 is 0 Å². The van der Waals surface area contributed by atoms with Gasteiger partial charge in [0.2, 0.25) is 0 Å². The van der Waals surface area contributed by atoms with Gasteiger partial charge in [-0.15, -0.1) is 23.5 Å². The van der Waals surface area contributed by atoms with Gasteiger partial charge in [0.15, 0.2) is 0 Å². The smallest absolute Gasteiger partial charge is 0.0962 e. The minimum Gasteiger partial charge on any atom is -0.394 e. The molecule has 1 fully saturated rings. The average Bonchev–Trinajstić information content (AvgIpc) is 2.36. The maximum absolute atomic E-state index is 8.89. The molecule has 0 amide bonds. The standard InChI is InChI=1S/C5H11NOS2/c6-3-5(4-7)8-1-2-9-5/h7H,1-4,6H2. The lowest BCUT2D eigenvalue weighted by molar-refractivity contribution is 0.287. The van der Waals surface area contributed by atoms with Crippen molar-refractivity contribution >= 4 is 23.5 Å². The second-order valence-electron chi connectivity index (χ2n) is 1.97. The molecule has 0 aromatic rings. The zero-order chi connectivity index (χ0) is 6.74. The molecule has 0 bridgehead atoms. The first-order valence-corrected chi connectivity index (χ1v) is 4.89. The summed E-state index contributed by atoms with van der Waals surface area (Å²) in [6.07, 6.45) is 0. The van der Waals surface area contributed by atoms with Gasteiger partial charge in [0, 0.05) is 18.1 Å². The molecule has 2 nitrogen and oxygen atoms in total. The minimum absolute atomic E-state index is 0.0556. The van der Waals surface area contributed by atoms with Gasteiger partial charge in [-0.25, -0.2) is 0 Å². The Labute approximate surface area is 63.6 Å². The molecule has 0 aromatic carbocycles. The summed E-state index contributed by atoms with van der Waals surface area (Å²) in [5, 5.41) is 8.89. The Bertz CT molecular complexity index is 87.0. The Kier molecular flexibility index (Phi) is 2.70. The second-order valence-corrected chi connectivity index (χ2v) is 5.19. The predicted octanol–water partition coefficient (Wildman–Crippen LogP) is 0.114. The Hall–Kier alpha value is 0.620. The van der Waals surface area contributed by atoms with Crippen molar-refractivity contribution in [2.45, 2.75) is 4.08 Å². The summed E-state index contributed by atoms with van der Waals surface area (Å²) in [4.78, 5) is 0. The summed E-state index contributed by atoms with van der Waals surface area (Å²) in [6, 6.07) is 0. The molecule has 0 spiro atoms. The van der Waals surface area contributed by atoms with Crippen molar-refractivity contribution in [2.75, 3.05) is 24.7 Å². The summed E-state index contributed by atoms with van der Waals surface area (Å²) >= 11 is 3.56. The second kappa shape index (κ2) is 3.14. The van der Waals surface area contributed by atoms with Crippen LogP contribution < -0.4 is 5.73 Å². The summed E-state index contributed by atoms with van der Waals surface area (Å²) in [5.74, 6) is 2.25. The molecular formula is C5H11NOS2. The van der Waals surface area contributed by atoms with Crippen LogP contribution >= 0.6 is 23.5 Å². The minimum atomic E-state index is -0.0556. The van der Waals surface area contributed by atoms with Crippen molar-refractivity contribution < 1.29 is 5.11 Å². The van der Waals surface area contributed by atoms with Gasteiger partial charge in [-0.1, -0.05) is 0 Å². The molecule has 9 heavy (non-hydrogen) atoms. The molecular weight excluding hydrogens is 154 g/mol. The fourth-order valence-electron chi connectivity index (χ4n) is 0.771. The SMILES string of the molecule is NCC1(CO)SCCS1. The lowest BCUT2D eigenvalue weighted by atomic mass is 10.4. The van der Waals surface area contributed by atoms with Crippen LogP contribution in [0.15, 0.2) is 0 Å². The third-order valence-corrected chi connectivity index (χ3v) is 4.79. The van der Waals surface area contributed by atoms with Crippen molar-refractivity contribution in [1.82, 2.24) is 0 Å². The number of nitrogens with two attached hydrogens (primary N) is 1. The summed E-state index contributed by atoms with van der Waals surface area (Å²) in [6.45, 7) is 0.789. The molecule has 54 valence electrons. The van der Waals surface area contributed by atoms with Crippen LogP contribution in [-0.2, 0) is 0 Å². The van der Waals surface area contributed by atoms with Gasteiger partial charge in [0.25, 0.3) is 0 Å². The first-order chi connectivity index (χ1) is 4.33. The van der Waals surface area contributed by atoms with Crippen LogP contribution in [0.5, 0.6) is 0 Å². The van der Waals surface area contributed by atoms with E-state index in [1.165, 1.54) is 0 Å². The Morgan fingerprint density at radius 1 is 1.44 bits per heavy atom. The first kappa shape index (κ1) is 7.72. The average molecular weight is 165 g/mol. The zero-order valence-corrected chi connectivity index (χ0v) is 6.80. The molecule has 0 atom stereocenters. The molecule has 4 heteroatoms. The van der Waals surface area contributed by atoms with E-state index in [1.807, 2.05) is 0 Å². The number of hydrogen-bond donors (Lipinski definition) is 2. The summed E-state index contributed by atoms with van der Waals surface area (Å²) < 4.78 is -0.0556. The van der Waals surface area contributed by atoms with Gasteiger partial charge >= 0.3 is 0 Å². The van der Waals surface area contributed by atoms with Crippen LogP contribution in [-0.4, -0.2) is 33.8 Å². The van der Waals surface area contributed by atoms with Crippen molar-refractivity contribution in [2.24, 2.45) is 5.73 Å². The van der Waals surface area contributed by atoms with Gasteiger partial charge in [-0.3, -0.25) is 0 Å². The Morgan fingerprint density at radius 2 is 2.00 bits per heavy atom. The fraction of sp³-hybridized carbons (Fsp3) is 1.00. The van der Waals surface area contributed by atoms with E-state index in [9.17, 15) is 0 Å². The molecule has 0 saturated carbocycles. The van der Waals surface area contributed by atoms with Crippen LogP contribution in [0.25, 0.3) is 0 Å². The highest BCUT2D eigenvalue weighted by Crippen LogP contribution is 2.42. The molecule has 0 unspecified atom stereocenters. The molecule has 0 radical (unpaired) electrons. The predicted molar refractivity (Wildman–Crippen MR) is 43.8 cm³/mol. The highest BCUT2D eigenvalue weighted by molar-refractivity contribution is 8.21. The van der Waals surface area contributed by atoms with Crippen molar-refractivity contribution in [3.05, 3.63) is 0 Å². The van der Waals surface area contributed by atoms with E-state index in [-0.39, 0.29) is 10.7 Å². The largest absolute Gasteiger partial charge is 0.394 e. The number of aliphatic hydroxyl groups excluding tert-OH is 1. The van der Waals surface area contributed by atoms with Crippen LogP contribution in [0.2, 0.25) is 0 Å². The van der Waals surface area contributed by atoms with E-state index in [4.69, 9.17) is 10.8 Å². The number of hydrogen-bond acceptors (Lipinski definition) is 4. The van der Waals surface area contributed by atoms with Gasteiger partial charge in [0.05, 0.1) is 10.7 Å². The number of aliphatic hydroxyl groups is 1. The molecule has 1 saturated heterocycles. The summed E-state index contributed by atoms with van der Waals surface area (Å²) in [7, 11) is 0.